The summed E-state index contributed by atoms with van der Waals surface area (Å²) < 4.78 is 24.3. The van der Waals surface area contributed by atoms with Gasteiger partial charge in [-0.1, -0.05) is 0 Å². The normalized spacial score (nSPS) is 9.56. The highest BCUT2D eigenvalue weighted by molar-refractivity contribution is 5.38. The summed E-state index contributed by atoms with van der Waals surface area (Å²) >= 11 is 0. The molecule has 0 amide bonds. The predicted molar refractivity (Wildman–Crippen MR) is 32.9 cm³/mol. The van der Waals surface area contributed by atoms with E-state index in [0.717, 1.165) is 12.1 Å². The highest BCUT2D eigenvalue weighted by atomic mass is 19.1. The van der Waals surface area contributed by atoms with Gasteiger partial charge in [0.2, 0.25) is 0 Å². The van der Waals surface area contributed by atoms with Gasteiger partial charge < -0.3 is 5.73 Å². The molecule has 0 aromatic heterocycles. The van der Waals surface area contributed by atoms with Crippen LogP contribution in [-0.4, -0.2) is 0 Å². The summed E-state index contributed by atoms with van der Waals surface area (Å²) in [6, 6.07) is 3.04. The van der Waals surface area contributed by atoms with Gasteiger partial charge in [-0.3, -0.25) is 0 Å². The first-order valence-electron chi connectivity index (χ1n) is 2.40. The fraction of sp³-hybridized carbons (Fsp3) is 0. The molecule has 2 N–H and O–H groups in total. The van der Waals surface area contributed by atoms with Crippen LogP contribution in [0.4, 0.5) is 14.5 Å². The molecule has 0 saturated carbocycles. The lowest BCUT2D eigenvalue weighted by Gasteiger charge is -1.92. The van der Waals surface area contributed by atoms with Crippen molar-refractivity contribution >= 4 is 5.69 Å². The summed E-state index contributed by atoms with van der Waals surface area (Å²) in [4.78, 5) is 0. The van der Waals surface area contributed by atoms with Crippen LogP contribution in [0.5, 0.6) is 0 Å². The standard InChI is InChI=1S/C6H5F2N.H2/c7-4-1-2-6(9)5(8)3-4;/h1-3H,9H2;1H. The molecule has 9 heavy (non-hydrogen) atoms. The van der Waals surface area contributed by atoms with Crippen molar-refractivity contribution < 1.29 is 10.2 Å². The van der Waals surface area contributed by atoms with Crippen molar-refractivity contribution in [3.05, 3.63) is 29.8 Å². The Labute approximate surface area is 52.6 Å². The molecule has 0 spiro atoms. The lowest BCUT2D eigenvalue weighted by molar-refractivity contribution is 0.586. The SMILES string of the molecule is Nc1ccc(F)cc1F.[HH]. The molecule has 0 heterocycles. The van der Waals surface area contributed by atoms with Gasteiger partial charge in [-0.25, -0.2) is 8.78 Å². The minimum absolute atomic E-state index is 0. The van der Waals surface area contributed by atoms with Crippen LogP contribution < -0.4 is 5.73 Å². The van der Waals surface area contributed by atoms with E-state index < -0.39 is 11.6 Å². The molecular weight excluding hydrogens is 124 g/mol. The molecular formula is C6H7F2N. The highest BCUT2D eigenvalue weighted by Gasteiger charge is 1.96. The number of anilines is 1. The highest BCUT2D eigenvalue weighted by Crippen LogP contribution is 2.09. The summed E-state index contributed by atoms with van der Waals surface area (Å²) in [7, 11) is 0. The average molecular weight is 131 g/mol. The van der Waals surface area contributed by atoms with Gasteiger partial charge in [-0.2, -0.15) is 0 Å². The molecule has 1 nitrogen and oxygen atoms in total. The zero-order valence-corrected chi connectivity index (χ0v) is 4.57. The maximum atomic E-state index is 12.2. The first-order chi connectivity index (χ1) is 4.20. The largest absolute Gasteiger partial charge is 0.396 e. The van der Waals surface area contributed by atoms with Crippen molar-refractivity contribution in [3.8, 4) is 0 Å². The van der Waals surface area contributed by atoms with Crippen molar-refractivity contribution in [1.29, 1.82) is 0 Å². The van der Waals surface area contributed by atoms with E-state index in [1.54, 1.807) is 0 Å². The summed E-state index contributed by atoms with van der Waals surface area (Å²) in [6.07, 6.45) is 0. The Bertz CT molecular complexity index is 227. The summed E-state index contributed by atoms with van der Waals surface area (Å²) in [5.74, 6) is -1.32. The van der Waals surface area contributed by atoms with Crippen LogP contribution in [0.15, 0.2) is 18.2 Å². The second-order valence-corrected chi connectivity index (χ2v) is 1.67. The number of benzene rings is 1. The third-order valence-electron chi connectivity index (χ3n) is 0.962. The van der Waals surface area contributed by atoms with E-state index in [2.05, 4.69) is 0 Å². The molecule has 0 unspecified atom stereocenters. The number of hydrogen-bond acceptors (Lipinski definition) is 1. The van der Waals surface area contributed by atoms with E-state index in [9.17, 15) is 8.78 Å². The van der Waals surface area contributed by atoms with E-state index in [0.29, 0.717) is 0 Å². The average Bonchev–Trinajstić information content (AvgIpc) is 1.80. The molecule has 1 aromatic carbocycles. The second-order valence-electron chi connectivity index (χ2n) is 1.67. The quantitative estimate of drug-likeness (QED) is 0.534. The van der Waals surface area contributed by atoms with Gasteiger partial charge in [-0.05, 0) is 12.1 Å². The predicted octanol–water partition coefficient (Wildman–Crippen LogP) is 1.79. The smallest absolute Gasteiger partial charge is 0.148 e. The molecule has 50 valence electrons. The summed E-state index contributed by atoms with van der Waals surface area (Å²) in [5, 5.41) is 0. The van der Waals surface area contributed by atoms with Gasteiger partial charge in [0.15, 0.2) is 0 Å². The third kappa shape index (κ3) is 1.16. The van der Waals surface area contributed by atoms with E-state index in [4.69, 9.17) is 5.73 Å². The molecule has 0 atom stereocenters. The first-order valence-corrected chi connectivity index (χ1v) is 2.40. The molecule has 0 radical (unpaired) electrons. The van der Waals surface area contributed by atoms with Gasteiger partial charge in [0, 0.05) is 7.49 Å². The zero-order chi connectivity index (χ0) is 6.85. The van der Waals surface area contributed by atoms with Crippen molar-refractivity contribution in [2.24, 2.45) is 0 Å². The molecule has 1 rings (SSSR count). The Morgan fingerprint density at radius 3 is 2.44 bits per heavy atom. The van der Waals surface area contributed by atoms with Gasteiger partial charge in [0.25, 0.3) is 0 Å². The number of nitrogen functional groups attached to an aromatic ring is 1. The maximum absolute atomic E-state index is 12.2. The molecule has 0 aliphatic rings. The van der Waals surface area contributed by atoms with Crippen LogP contribution >= 0.6 is 0 Å². The Balaban J connectivity index is 0.000000810. The minimum atomic E-state index is -0.713. The number of rotatable bonds is 0. The second kappa shape index (κ2) is 2.01. The summed E-state index contributed by atoms with van der Waals surface area (Å²) in [5.41, 5.74) is 5.02. The van der Waals surface area contributed by atoms with E-state index in [1.165, 1.54) is 6.07 Å². The van der Waals surface area contributed by atoms with E-state index in [1.807, 2.05) is 0 Å². The van der Waals surface area contributed by atoms with Gasteiger partial charge >= 0.3 is 0 Å². The Hall–Kier alpha value is -1.12. The topological polar surface area (TPSA) is 26.0 Å². The van der Waals surface area contributed by atoms with Crippen molar-refractivity contribution in [1.82, 2.24) is 0 Å². The molecule has 1 aromatic rings. The maximum Gasteiger partial charge on any atom is 0.148 e. The van der Waals surface area contributed by atoms with Gasteiger partial charge in [0.05, 0.1) is 5.69 Å². The molecule has 3 heteroatoms. The lowest BCUT2D eigenvalue weighted by atomic mass is 10.3. The number of hydrogen-bond donors (Lipinski definition) is 1. The molecule has 0 fully saturated rings. The van der Waals surface area contributed by atoms with Crippen LogP contribution in [0.25, 0.3) is 0 Å². The monoisotopic (exact) mass is 131 g/mol. The van der Waals surface area contributed by atoms with E-state index in [-0.39, 0.29) is 7.11 Å². The minimum Gasteiger partial charge on any atom is -0.396 e. The van der Waals surface area contributed by atoms with Crippen molar-refractivity contribution in [2.45, 2.75) is 0 Å². The van der Waals surface area contributed by atoms with Crippen LogP contribution in [-0.2, 0) is 0 Å². The van der Waals surface area contributed by atoms with Gasteiger partial charge in [0.1, 0.15) is 11.6 Å². The number of halogens is 2. The molecule has 0 aliphatic heterocycles. The van der Waals surface area contributed by atoms with Crippen LogP contribution in [0.2, 0.25) is 0 Å². The van der Waals surface area contributed by atoms with Crippen molar-refractivity contribution in [3.63, 3.8) is 0 Å². The Morgan fingerprint density at radius 2 is 2.00 bits per heavy atom. The van der Waals surface area contributed by atoms with E-state index >= 15 is 0 Å². The lowest BCUT2D eigenvalue weighted by Crippen LogP contribution is -1.89. The fourth-order valence-corrected chi connectivity index (χ4v) is 0.502. The molecule has 0 aliphatic carbocycles. The fourth-order valence-electron chi connectivity index (χ4n) is 0.502. The zero-order valence-electron chi connectivity index (χ0n) is 4.57. The van der Waals surface area contributed by atoms with Crippen molar-refractivity contribution in [2.75, 3.05) is 5.73 Å². The Morgan fingerprint density at radius 1 is 1.33 bits per heavy atom. The van der Waals surface area contributed by atoms with Gasteiger partial charge in [-0.15, -0.1) is 0 Å². The third-order valence-corrected chi connectivity index (χ3v) is 0.962. The van der Waals surface area contributed by atoms with Crippen LogP contribution in [0.3, 0.4) is 0 Å². The number of nitrogens with two attached hydrogens (primary N) is 1. The Kier molecular flexibility index (Phi) is 1.34. The van der Waals surface area contributed by atoms with Crippen LogP contribution in [0.1, 0.15) is 1.43 Å². The molecule has 0 bridgehead atoms. The molecule has 0 saturated heterocycles. The summed E-state index contributed by atoms with van der Waals surface area (Å²) in [6.45, 7) is 0. The van der Waals surface area contributed by atoms with Crippen LogP contribution in [0, 0.1) is 11.6 Å². The first kappa shape index (κ1) is 6.01.